The lowest BCUT2D eigenvalue weighted by molar-refractivity contribution is -0.136. The van der Waals surface area contributed by atoms with Gasteiger partial charge >= 0.3 is 6.18 Å². The minimum atomic E-state index is -4.42. The van der Waals surface area contributed by atoms with Crippen molar-refractivity contribution in [3.8, 4) is 0 Å². The molecule has 5 nitrogen and oxygen atoms in total. The largest absolute Gasteiger partial charge is 0.390 e. The summed E-state index contributed by atoms with van der Waals surface area (Å²) < 4.78 is 75.6. The quantitative estimate of drug-likeness (QED) is 0.723. The van der Waals surface area contributed by atoms with Gasteiger partial charge in [0.15, 0.2) is 0 Å². The highest BCUT2D eigenvalue weighted by Crippen LogP contribution is 2.22. The average Bonchev–Trinajstić information content (AvgIpc) is 2.46. The molecule has 0 atom stereocenters. The Balaban J connectivity index is 3.16. The van der Waals surface area contributed by atoms with Crippen molar-refractivity contribution >= 4 is 15.9 Å². The van der Waals surface area contributed by atoms with Gasteiger partial charge in [0.25, 0.3) is 5.91 Å². The van der Waals surface area contributed by atoms with Gasteiger partial charge in [0.2, 0.25) is 10.0 Å². The molecular formula is C14H18F4N2O3S. The van der Waals surface area contributed by atoms with Gasteiger partial charge in [-0.25, -0.2) is 17.1 Å². The number of nitrogens with zero attached hydrogens (tertiary/aromatic N) is 2. The molecule has 136 valence electrons. The topological polar surface area (TPSA) is 57.7 Å². The Morgan fingerprint density at radius 2 is 1.79 bits per heavy atom. The molecule has 0 radical (unpaired) electrons. The highest BCUT2D eigenvalue weighted by molar-refractivity contribution is 7.89. The van der Waals surface area contributed by atoms with Gasteiger partial charge in [-0.3, -0.25) is 4.79 Å². The molecule has 1 aromatic rings. The van der Waals surface area contributed by atoms with Gasteiger partial charge in [-0.15, -0.1) is 0 Å². The molecule has 0 aliphatic heterocycles. The van der Waals surface area contributed by atoms with Crippen molar-refractivity contribution in [3.05, 3.63) is 29.6 Å². The molecule has 10 heteroatoms. The van der Waals surface area contributed by atoms with E-state index in [1.54, 1.807) is 0 Å². The maximum Gasteiger partial charge on any atom is 0.390 e. The van der Waals surface area contributed by atoms with Gasteiger partial charge < -0.3 is 4.90 Å². The predicted octanol–water partition coefficient (Wildman–Crippen LogP) is 2.49. The first-order chi connectivity index (χ1) is 10.9. The summed E-state index contributed by atoms with van der Waals surface area (Å²) in [6, 6.07) is 2.69. The molecule has 0 aliphatic rings. The Morgan fingerprint density at radius 1 is 1.21 bits per heavy atom. The zero-order valence-electron chi connectivity index (χ0n) is 13.4. The van der Waals surface area contributed by atoms with Crippen LogP contribution in [0.25, 0.3) is 0 Å². The molecule has 0 heterocycles. The van der Waals surface area contributed by atoms with Crippen LogP contribution in [0, 0.1) is 5.82 Å². The molecule has 0 fully saturated rings. The molecule has 1 rings (SSSR count). The van der Waals surface area contributed by atoms with Crippen LogP contribution in [0.2, 0.25) is 0 Å². The third-order valence-corrected chi connectivity index (χ3v) is 5.10. The molecule has 24 heavy (non-hydrogen) atoms. The number of amides is 1. The van der Waals surface area contributed by atoms with Gasteiger partial charge in [-0.2, -0.15) is 13.2 Å². The molecule has 0 saturated heterocycles. The summed E-state index contributed by atoms with van der Waals surface area (Å²) >= 11 is 0. The Labute approximate surface area is 137 Å². The van der Waals surface area contributed by atoms with Crippen molar-refractivity contribution in [2.24, 2.45) is 0 Å². The molecule has 0 unspecified atom stereocenters. The van der Waals surface area contributed by atoms with Crippen molar-refractivity contribution in [1.29, 1.82) is 0 Å². The molecule has 0 saturated carbocycles. The second kappa shape index (κ2) is 7.47. The van der Waals surface area contributed by atoms with E-state index >= 15 is 0 Å². The minimum absolute atomic E-state index is 0.00204. The van der Waals surface area contributed by atoms with E-state index in [1.807, 2.05) is 0 Å². The highest BCUT2D eigenvalue weighted by atomic mass is 32.2. The number of carbonyl (C=O) groups is 1. The van der Waals surface area contributed by atoms with Crippen LogP contribution in [0.3, 0.4) is 0 Å². The van der Waals surface area contributed by atoms with E-state index in [9.17, 15) is 30.8 Å². The third kappa shape index (κ3) is 4.91. The highest BCUT2D eigenvalue weighted by Gasteiger charge is 2.29. The summed E-state index contributed by atoms with van der Waals surface area (Å²) in [7, 11) is -1.73. The van der Waals surface area contributed by atoms with Gasteiger partial charge in [-0.05, 0) is 25.1 Å². The Kier molecular flexibility index (Phi) is 6.34. The first-order valence-corrected chi connectivity index (χ1v) is 8.42. The van der Waals surface area contributed by atoms with Gasteiger partial charge in [0, 0.05) is 32.7 Å². The number of benzene rings is 1. The van der Waals surface area contributed by atoms with E-state index in [2.05, 4.69) is 0 Å². The fourth-order valence-electron chi connectivity index (χ4n) is 1.88. The number of carbonyl (C=O) groups excluding carboxylic acids is 1. The second-order valence-corrected chi connectivity index (χ2v) is 7.30. The molecule has 0 bridgehead atoms. The fourth-order valence-corrected chi connectivity index (χ4v) is 2.86. The van der Waals surface area contributed by atoms with Crippen molar-refractivity contribution in [2.45, 2.75) is 24.4 Å². The predicted molar refractivity (Wildman–Crippen MR) is 79.5 cm³/mol. The second-order valence-electron chi connectivity index (χ2n) is 5.18. The number of halogens is 4. The summed E-state index contributed by atoms with van der Waals surface area (Å²) in [6.45, 7) is 0.934. The Morgan fingerprint density at radius 3 is 2.25 bits per heavy atom. The first-order valence-electron chi connectivity index (χ1n) is 6.98. The summed E-state index contributed by atoms with van der Waals surface area (Å²) in [4.78, 5) is 12.5. The first kappa shape index (κ1) is 20.4. The van der Waals surface area contributed by atoms with Gasteiger partial charge in [0.05, 0.1) is 6.42 Å². The molecule has 1 amide bonds. The van der Waals surface area contributed by atoms with E-state index in [4.69, 9.17) is 0 Å². The fraction of sp³-hybridized carbons (Fsp3) is 0.500. The van der Waals surface area contributed by atoms with Gasteiger partial charge in [-0.1, -0.05) is 0 Å². The van der Waals surface area contributed by atoms with E-state index in [0.717, 1.165) is 27.4 Å². The monoisotopic (exact) mass is 370 g/mol. The van der Waals surface area contributed by atoms with Crippen LogP contribution >= 0.6 is 0 Å². The van der Waals surface area contributed by atoms with Crippen molar-refractivity contribution in [3.63, 3.8) is 0 Å². The van der Waals surface area contributed by atoms with Crippen LogP contribution < -0.4 is 0 Å². The van der Waals surface area contributed by atoms with E-state index in [-0.39, 0.29) is 12.1 Å². The number of alkyl halides is 3. The van der Waals surface area contributed by atoms with Crippen molar-refractivity contribution in [1.82, 2.24) is 9.21 Å². The van der Waals surface area contributed by atoms with Crippen molar-refractivity contribution < 1.29 is 30.8 Å². The van der Waals surface area contributed by atoms with Gasteiger partial charge in [0.1, 0.15) is 10.7 Å². The Bertz CT molecular complexity index is 702. The van der Waals surface area contributed by atoms with Crippen LogP contribution in [0.15, 0.2) is 23.1 Å². The molecule has 0 aromatic heterocycles. The summed E-state index contributed by atoms with van der Waals surface area (Å²) in [5.74, 6) is -1.84. The van der Waals surface area contributed by atoms with Crippen LogP contribution in [-0.4, -0.2) is 56.9 Å². The van der Waals surface area contributed by atoms with E-state index < -0.39 is 45.8 Å². The van der Waals surface area contributed by atoms with Crippen LogP contribution in [-0.2, 0) is 10.0 Å². The lowest BCUT2D eigenvalue weighted by Gasteiger charge is -2.22. The average molecular weight is 370 g/mol. The van der Waals surface area contributed by atoms with Crippen LogP contribution in [0.1, 0.15) is 23.7 Å². The number of hydrogen-bond donors (Lipinski definition) is 0. The number of sulfonamides is 1. The van der Waals surface area contributed by atoms with E-state index in [0.29, 0.717) is 0 Å². The summed E-state index contributed by atoms with van der Waals surface area (Å²) in [5, 5.41) is 0. The lowest BCUT2D eigenvalue weighted by atomic mass is 10.2. The molecule has 1 aromatic carbocycles. The SMILES string of the molecule is CCN(CCC(F)(F)F)C(=O)c1ccc(F)c(S(=O)(=O)N(C)C)c1. The Hall–Kier alpha value is -1.68. The van der Waals surface area contributed by atoms with E-state index in [1.165, 1.54) is 21.0 Å². The zero-order chi connectivity index (χ0) is 18.7. The lowest BCUT2D eigenvalue weighted by Crippen LogP contribution is -2.34. The van der Waals surface area contributed by atoms with Crippen molar-refractivity contribution in [2.75, 3.05) is 27.2 Å². The number of rotatable bonds is 6. The maximum absolute atomic E-state index is 13.8. The maximum atomic E-state index is 13.8. The molecule has 0 spiro atoms. The van der Waals surface area contributed by atoms with Crippen LogP contribution in [0.5, 0.6) is 0 Å². The molecule has 0 N–H and O–H groups in total. The summed E-state index contributed by atoms with van der Waals surface area (Å²) in [5.41, 5.74) is -0.194. The zero-order valence-corrected chi connectivity index (χ0v) is 14.2. The minimum Gasteiger partial charge on any atom is -0.339 e. The summed E-state index contributed by atoms with van der Waals surface area (Å²) in [6.07, 6.45) is -5.60. The molecular weight excluding hydrogens is 352 g/mol. The van der Waals surface area contributed by atoms with Crippen LogP contribution in [0.4, 0.5) is 17.6 Å². The standard InChI is InChI=1S/C14H18F4N2O3S/c1-4-20(8-7-14(16,17)18)13(21)10-5-6-11(15)12(9-10)24(22,23)19(2)3/h5-6,9H,4,7-8H2,1-3H3. The normalized spacial score (nSPS) is 12.5. The molecule has 0 aliphatic carbocycles. The number of hydrogen-bond acceptors (Lipinski definition) is 3. The smallest absolute Gasteiger partial charge is 0.339 e. The third-order valence-electron chi connectivity index (χ3n) is 3.27.